The van der Waals surface area contributed by atoms with Gasteiger partial charge in [0.25, 0.3) is 0 Å². The molecule has 4 aliphatic heterocycles. The van der Waals surface area contributed by atoms with E-state index in [2.05, 4.69) is 278 Å². The van der Waals surface area contributed by atoms with Crippen molar-refractivity contribution in [3.63, 3.8) is 0 Å². The van der Waals surface area contributed by atoms with Gasteiger partial charge in [-0.3, -0.25) is 0 Å². The molecule has 5 aromatic carbocycles. The molecule has 10 heterocycles. The Morgan fingerprint density at radius 1 is 0.219 bits per heavy atom. The maximum Gasteiger partial charge on any atom is 0.123 e. The first-order chi connectivity index (χ1) is 56.3. The van der Waals surface area contributed by atoms with Crippen molar-refractivity contribution < 1.29 is 18.9 Å². The topological polar surface area (TPSA) is 152 Å². The van der Waals surface area contributed by atoms with Gasteiger partial charge < -0.3 is 38.9 Å². The molecule has 0 saturated carbocycles. The Bertz CT molecular complexity index is 5410. The van der Waals surface area contributed by atoms with Crippen LogP contribution in [0.2, 0.25) is 0 Å². The third kappa shape index (κ3) is 19.4. The van der Waals surface area contributed by atoms with E-state index in [1.165, 1.54) is 103 Å². The highest BCUT2D eigenvalue weighted by Crippen LogP contribution is 2.43. The standard InChI is InChI=1S/C102H110N8O4/c1-5-9-13-17-21-31-59-111-81-63-75(64-82(69-81)112-60-32-22-18-14-10-6-2)101-87-49-45-79(105-87)68-80-46-50-88(106-80)102(76-65-83(113-61-33-23-19-15-11-7-3)70-84(66-76)114-62-34-24-20-16-12-8-4)96-58-56-94(110-96)100(93-55-57-95(101)109-93)74-41-39-73(40-42-74)99-91-53-51-89(107-91)97(71-35-27-25-28-36-71)85-47-43-77(103-85)67-78-44-48-86(104-78)98(72-37-29-26-30-38-72)90-52-54-92(99)108-90/h25-30,35-58,63-70,103,105,108,110H,5-24,31-34,59-62H2,1-4H3. The number of benzene rings is 5. The number of rotatable bonds is 38. The van der Waals surface area contributed by atoms with Crippen molar-refractivity contribution >= 4 is 92.7 Å². The second kappa shape index (κ2) is 38.8. The van der Waals surface area contributed by atoms with Crippen molar-refractivity contribution in [3.8, 4) is 89.8 Å². The molecule has 114 heavy (non-hydrogen) atoms. The maximum absolute atomic E-state index is 6.76. The predicted octanol–water partition coefficient (Wildman–Crippen LogP) is 28.6. The van der Waals surface area contributed by atoms with E-state index in [0.717, 1.165) is 231 Å². The van der Waals surface area contributed by atoms with Crippen LogP contribution in [0.3, 0.4) is 0 Å². The van der Waals surface area contributed by atoms with E-state index in [-0.39, 0.29) is 0 Å². The zero-order valence-electron chi connectivity index (χ0n) is 67.2. The summed E-state index contributed by atoms with van der Waals surface area (Å²) in [4.78, 5) is 37.9. The lowest BCUT2D eigenvalue weighted by atomic mass is 9.98. The summed E-state index contributed by atoms with van der Waals surface area (Å²) in [6.45, 7) is 11.6. The number of hydrogen-bond acceptors (Lipinski definition) is 8. The van der Waals surface area contributed by atoms with E-state index in [1.807, 2.05) is 0 Å². The minimum absolute atomic E-state index is 0.621. The van der Waals surface area contributed by atoms with Crippen LogP contribution >= 0.6 is 0 Å². The Morgan fingerprint density at radius 2 is 0.474 bits per heavy atom. The van der Waals surface area contributed by atoms with Crippen LogP contribution in [0.15, 0.2) is 182 Å². The lowest BCUT2D eigenvalue weighted by Gasteiger charge is -2.14. The smallest absolute Gasteiger partial charge is 0.123 e. The summed E-state index contributed by atoms with van der Waals surface area (Å²) in [7, 11) is 0. The second-order valence-corrected chi connectivity index (χ2v) is 30.9. The number of nitrogens with zero attached hydrogens (tertiary/aromatic N) is 4. The molecule has 0 saturated heterocycles. The van der Waals surface area contributed by atoms with Crippen LogP contribution < -0.4 is 18.9 Å². The fraction of sp³-hybridized carbons (Fsp3) is 0.314. The van der Waals surface area contributed by atoms with Gasteiger partial charge in [0, 0.05) is 89.6 Å². The molecule has 15 rings (SSSR count). The monoisotopic (exact) mass is 1510 g/mol. The highest BCUT2D eigenvalue weighted by atomic mass is 16.5. The predicted molar refractivity (Wildman–Crippen MR) is 479 cm³/mol. The molecule has 4 N–H and O–H groups in total. The average molecular weight is 1510 g/mol. The van der Waals surface area contributed by atoms with Gasteiger partial charge in [-0.15, -0.1) is 0 Å². The van der Waals surface area contributed by atoms with Crippen LogP contribution in [0.25, 0.3) is 160 Å². The van der Waals surface area contributed by atoms with E-state index < -0.39 is 0 Å². The van der Waals surface area contributed by atoms with E-state index in [1.54, 1.807) is 0 Å². The Labute approximate surface area is 673 Å². The SMILES string of the molecule is CCCCCCCCOc1cc(OCCCCCCCC)cc(-c2c3nc(c(-c4ccc(-c5c6nc(c(-c7ccccc7)c7ccc(cc8nc(c(-c9ccccc9)c9ccc5[nH]9)C=C8)[nH]7)C=C6)cc4)c4ccc([nH]4)c(-c4cc(OCCCCCCCC)cc(OCCCCCCCC)c4)c4nc(cc5ccc2[nH]5)C=C4)C=C3)c1. The number of fused-ring (bicyclic) bond motifs is 16. The lowest BCUT2D eigenvalue weighted by molar-refractivity contribution is 0.289. The Hall–Kier alpha value is -11.5. The fourth-order valence-corrected chi connectivity index (χ4v) is 16.2. The number of H-pyrrole nitrogens is 4. The van der Waals surface area contributed by atoms with Gasteiger partial charge in [-0.2, -0.15) is 0 Å². The number of unbranched alkanes of at least 4 members (excludes halogenated alkanes) is 20. The highest BCUT2D eigenvalue weighted by molar-refractivity contribution is 6.01. The summed E-state index contributed by atoms with van der Waals surface area (Å²) in [5, 5.41) is 0. The quantitative estimate of drug-likeness (QED) is 0.0279. The van der Waals surface area contributed by atoms with E-state index >= 15 is 0 Å². The average Bonchev–Trinajstić information content (AvgIpc) is 1.62. The molecule has 0 spiro atoms. The molecular weight excluding hydrogens is 1400 g/mol. The summed E-state index contributed by atoms with van der Waals surface area (Å²) in [6.07, 6.45) is 45.4. The molecule has 16 bridgehead atoms. The molecule has 12 heteroatoms. The molecule has 0 amide bonds. The summed E-state index contributed by atoms with van der Waals surface area (Å²) in [6, 6.07) is 64.6. The number of ether oxygens (including phenoxy) is 4. The van der Waals surface area contributed by atoms with Gasteiger partial charge in [0.15, 0.2) is 0 Å². The van der Waals surface area contributed by atoms with E-state index in [9.17, 15) is 0 Å². The molecule has 0 aliphatic carbocycles. The lowest BCUT2D eigenvalue weighted by Crippen LogP contribution is -2.01. The van der Waals surface area contributed by atoms with Crippen LogP contribution in [0, 0.1) is 0 Å². The van der Waals surface area contributed by atoms with Gasteiger partial charge in [0.2, 0.25) is 0 Å². The minimum Gasteiger partial charge on any atom is -0.493 e. The third-order valence-corrected chi connectivity index (χ3v) is 22.1. The first kappa shape index (κ1) is 77.8. The molecular formula is C102H110N8O4. The van der Waals surface area contributed by atoms with Gasteiger partial charge in [0.05, 0.1) is 72.0 Å². The molecule has 0 atom stereocenters. The van der Waals surface area contributed by atoms with E-state index in [4.69, 9.17) is 38.9 Å². The van der Waals surface area contributed by atoms with E-state index in [0.29, 0.717) is 26.4 Å². The molecule has 0 unspecified atom stereocenters. The van der Waals surface area contributed by atoms with Gasteiger partial charge in [-0.25, -0.2) is 19.9 Å². The number of nitrogens with one attached hydrogen (secondary N) is 4. The Kier molecular flexibility index (Phi) is 26.5. The fourth-order valence-electron chi connectivity index (χ4n) is 16.2. The summed E-state index contributed by atoms with van der Waals surface area (Å²) < 4.78 is 27.0. The van der Waals surface area contributed by atoms with Crippen LogP contribution in [0.1, 0.15) is 227 Å². The largest absolute Gasteiger partial charge is 0.493 e. The van der Waals surface area contributed by atoms with Gasteiger partial charge in [-0.1, -0.05) is 241 Å². The van der Waals surface area contributed by atoms with Crippen molar-refractivity contribution in [2.24, 2.45) is 0 Å². The highest BCUT2D eigenvalue weighted by Gasteiger charge is 2.23. The minimum atomic E-state index is 0.621. The Balaban J connectivity index is 0.927. The van der Waals surface area contributed by atoms with Crippen molar-refractivity contribution in [2.75, 3.05) is 26.4 Å². The molecule has 6 aromatic heterocycles. The van der Waals surface area contributed by atoms with Crippen molar-refractivity contribution in [1.29, 1.82) is 0 Å². The number of aromatic amines is 4. The molecule has 4 aliphatic rings. The van der Waals surface area contributed by atoms with Gasteiger partial charge in [-0.05, 0) is 193 Å². The summed E-state index contributed by atoms with van der Waals surface area (Å²) in [5.74, 6) is 3.12. The molecule has 582 valence electrons. The second-order valence-electron chi connectivity index (χ2n) is 30.9. The molecule has 0 radical (unpaired) electrons. The van der Waals surface area contributed by atoms with Crippen LogP contribution in [0.4, 0.5) is 0 Å². The van der Waals surface area contributed by atoms with Gasteiger partial charge >= 0.3 is 0 Å². The zero-order chi connectivity index (χ0) is 77.6. The van der Waals surface area contributed by atoms with Crippen molar-refractivity contribution in [1.82, 2.24) is 39.9 Å². The first-order valence-electron chi connectivity index (χ1n) is 42.6. The van der Waals surface area contributed by atoms with Crippen LogP contribution in [-0.2, 0) is 0 Å². The van der Waals surface area contributed by atoms with Crippen LogP contribution in [0.5, 0.6) is 23.0 Å². The number of hydrogen-bond donors (Lipinski definition) is 4. The summed E-state index contributed by atoms with van der Waals surface area (Å²) in [5.41, 5.74) is 25.7. The first-order valence-corrected chi connectivity index (χ1v) is 42.6. The summed E-state index contributed by atoms with van der Waals surface area (Å²) >= 11 is 0. The van der Waals surface area contributed by atoms with Crippen molar-refractivity contribution in [2.45, 2.75) is 182 Å². The number of aromatic nitrogens is 8. The third-order valence-electron chi connectivity index (χ3n) is 22.1. The van der Waals surface area contributed by atoms with Gasteiger partial charge in [0.1, 0.15) is 23.0 Å². The molecule has 11 aromatic rings. The zero-order valence-corrected chi connectivity index (χ0v) is 67.2. The van der Waals surface area contributed by atoms with Crippen LogP contribution in [-0.4, -0.2) is 66.3 Å². The Morgan fingerprint density at radius 3 is 0.789 bits per heavy atom. The normalized spacial score (nSPS) is 12.2. The molecule has 0 fully saturated rings. The van der Waals surface area contributed by atoms with Crippen molar-refractivity contribution in [3.05, 3.63) is 228 Å². The maximum atomic E-state index is 6.76. The molecule has 12 nitrogen and oxygen atoms in total.